The number of oxime groups is 1. The summed E-state index contributed by atoms with van der Waals surface area (Å²) in [6, 6.07) is 9.58. The van der Waals surface area contributed by atoms with E-state index in [1.54, 1.807) is 11.0 Å². The highest BCUT2D eigenvalue weighted by Gasteiger charge is 2.04. The molecule has 16 heavy (non-hydrogen) atoms. The molecule has 0 bridgehead atoms. The molecule has 0 aliphatic heterocycles. The van der Waals surface area contributed by atoms with E-state index in [0.29, 0.717) is 18.7 Å². The number of rotatable bonds is 4. The lowest BCUT2D eigenvalue weighted by atomic mass is 10.1. The summed E-state index contributed by atoms with van der Waals surface area (Å²) in [6.45, 7) is 0.647. The third-order valence-electron chi connectivity index (χ3n) is 2.27. The molecule has 5 nitrogen and oxygen atoms in total. The van der Waals surface area contributed by atoms with Crippen molar-refractivity contribution in [2.75, 3.05) is 0 Å². The molecule has 1 N–H and O–H groups in total. The van der Waals surface area contributed by atoms with Crippen LogP contribution in [0, 0.1) is 0 Å². The van der Waals surface area contributed by atoms with E-state index in [-0.39, 0.29) is 0 Å². The summed E-state index contributed by atoms with van der Waals surface area (Å²) in [6.07, 6.45) is 3.74. The zero-order valence-corrected chi connectivity index (χ0v) is 8.69. The molecule has 1 heterocycles. The van der Waals surface area contributed by atoms with Gasteiger partial charge in [-0.05, 0) is 5.56 Å². The van der Waals surface area contributed by atoms with Crippen molar-refractivity contribution in [3.63, 3.8) is 0 Å². The van der Waals surface area contributed by atoms with Crippen molar-refractivity contribution in [1.29, 1.82) is 0 Å². The molecule has 0 aliphatic carbocycles. The third-order valence-corrected chi connectivity index (χ3v) is 2.27. The van der Waals surface area contributed by atoms with Crippen molar-refractivity contribution >= 4 is 5.71 Å². The number of aryl methyl sites for hydroxylation is 1. The molecule has 0 atom stereocenters. The Kier molecular flexibility index (Phi) is 3.28. The number of aromatic nitrogens is 3. The van der Waals surface area contributed by atoms with Gasteiger partial charge in [-0.3, -0.25) is 4.68 Å². The predicted octanol–water partition coefficient (Wildman–Crippen LogP) is 1.55. The fourth-order valence-electron chi connectivity index (χ4n) is 1.45. The summed E-state index contributed by atoms with van der Waals surface area (Å²) in [5.74, 6) is 0. The molecule has 0 radical (unpaired) electrons. The molecular weight excluding hydrogens is 204 g/mol. The van der Waals surface area contributed by atoms with Gasteiger partial charge >= 0.3 is 0 Å². The van der Waals surface area contributed by atoms with Gasteiger partial charge in [0.1, 0.15) is 12.7 Å². The van der Waals surface area contributed by atoms with Gasteiger partial charge in [0.25, 0.3) is 0 Å². The van der Waals surface area contributed by atoms with Crippen molar-refractivity contribution in [3.05, 3.63) is 48.5 Å². The van der Waals surface area contributed by atoms with Gasteiger partial charge in [-0.25, -0.2) is 4.98 Å². The van der Waals surface area contributed by atoms with Crippen molar-refractivity contribution in [2.24, 2.45) is 5.16 Å². The Morgan fingerprint density at radius 3 is 2.75 bits per heavy atom. The molecule has 5 heteroatoms. The van der Waals surface area contributed by atoms with E-state index in [1.165, 1.54) is 6.33 Å². The fraction of sp³-hybridized carbons (Fsp3) is 0.182. The molecule has 0 saturated carbocycles. The van der Waals surface area contributed by atoms with E-state index in [2.05, 4.69) is 15.2 Å². The maximum absolute atomic E-state index is 8.95. The van der Waals surface area contributed by atoms with Crippen LogP contribution in [0.3, 0.4) is 0 Å². The highest BCUT2D eigenvalue weighted by Crippen LogP contribution is 2.05. The van der Waals surface area contributed by atoms with Gasteiger partial charge in [0.2, 0.25) is 0 Å². The minimum Gasteiger partial charge on any atom is -0.411 e. The average molecular weight is 216 g/mol. The smallest absolute Gasteiger partial charge is 0.137 e. The highest BCUT2D eigenvalue weighted by atomic mass is 16.4. The summed E-state index contributed by atoms with van der Waals surface area (Å²) in [7, 11) is 0. The molecule has 1 aromatic carbocycles. The molecule has 82 valence electrons. The van der Waals surface area contributed by atoms with Gasteiger partial charge in [0.15, 0.2) is 0 Å². The van der Waals surface area contributed by atoms with E-state index in [4.69, 9.17) is 5.21 Å². The number of nitrogens with zero attached hydrogens (tertiary/aromatic N) is 4. The molecule has 2 aromatic rings. The fourth-order valence-corrected chi connectivity index (χ4v) is 1.45. The Morgan fingerprint density at radius 1 is 1.31 bits per heavy atom. The molecule has 0 unspecified atom stereocenters. The summed E-state index contributed by atoms with van der Waals surface area (Å²) < 4.78 is 1.70. The molecule has 2 rings (SSSR count). The molecule has 0 spiro atoms. The van der Waals surface area contributed by atoms with Gasteiger partial charge < -0.3 is 5.21 Å². The standard InChI is InChI=1S/C11H12N4O/c16-14-11(10-4-2-1-3-5-10)6-7-15-9-12-8-13-15/h1-5,8-9,16H,6-7H2/b14-11-. The van der Waals surface area contributed by atoms with Crippen LogP contribution in [0.25, 0.3) is 0 Å². The van der Waals surface area contributed by atoms with Crippen molar-refractivity contribution in [2.45, 2.75) is 13.0 Å². The second kappa shape index (κ2) is 5.06. The molecular formula is C11H12N4O. The molecule has 0 amide bonds. The first-order valence-electron chi connectivity index (χ1n) is 4.99. The second-order valence-electron chi connectivity index (χ2n) is 3.32. The van der Waals surface area contributed by atoms with E-state index in [0.717, 1.165) is 5.56 Å². The Balaban J connectivity index is 2.03. The molecule has 0 saturated heterocycles. The van der Waals surface area contributed by atoms with Crippen LogP contribution in [-0.4, -0.2) is 25.7 Å². The monoisotopic (exact) mass is 216 g/mol. The SMILES string of the molecule is O/N=C(/CCn1cncn1)c1ccccc1. The lowest BCUT2D eigenvalue weighted by Crippen LogP contribution is -2.07. The summed E-state index contributed by atoms with van der Waals surface area (Å²) >= 11 is 0. The average Bonchev–Trinajstić information content (AvgIpc) is 2.84. The predicted molar refractivity (Wildman–Crippen MR) is 59.4 cm³/mol. The number of benzene rings is 1. The van der Waals surface area contributed by atoms with Crippen LogP contribution in [0.1, 0.15) is 12.0 Å². The van der Waals surface area contributed by atoms with Crippen molar-refractivity contribution in [1.82, 2.24) is 14.8 Å². The van der Waals surface area contributed by atoms with Crippen molar-refractivity contribution < 1.29 is 5.21 Å². The first kappa shape index (κ1) is 10.4. The van der Waals surface area contributed by atoms with E-state index in [9.17, 15) is 0 Å². The van der Waals surface area contributed by atoms with Crippen LogP contribution in [0.2, 0.25) is 0 Å². The largest absolute Gasteiger partial charge is 0.411 e. The van der Waals surface area contributed by atoms with Crippen LogP contribution in [-0.2, 0) is 6.54 Å². The van der Waals surface area contributed by atoms with Crippen LogP contribution < -0.4 is 0 Å². The number of hydrogen-bond donors (Lipinski definition) is 1. The quantitative estimate of drug-likeness (QED) is 0.479. The maximum atomic E-state index is 8.95. The Morgan fingerprint density at radius 2 is 2.12 bits per heavy atom. The minimum absolute atomic E-state index is 0.615. The van der Waals surface area contributed by atoms with Crippen LogP contribution in [0.4, 0.5) is 0 Å². The minimum atomic E-state index is 0.615. The lowest BCUT2D eigenvalue weighted by molar-refractivity contribution is 0.317. The van der Waals surface area contributed by atoms with Crippen LogP contribution in [0.5, 0.6) is 0 Å². The maximum Gasteiger partial charge on any atom is 0.137 e. The molecule has 0 aliphatic rings. The Hall–Kier alpha value is -2.17. The van der Waals surface area contributed by atoms with Crippen LogP contribution >= 0.6 is 0 Å². The summed E-state index contributed by atoms with van der Waals surface area (Å²) in [5.41, 5.74) is 1.57. The van der Waals surface area contributed by atoms with E-state index >= 15 is 0 Å². The van der Waals surface area contributed by atoms with Gasteiger partial charge in [-0.2, -0.15) is 5.10 Å². The lowest BCUT2D eigenvalue weighted by Gasteiger charge is -2.04. The molecule has 1 aromatic heterocycles. The number of hydrogen-bond acceptors (Lipinski definition) is 4. The Labute approximate surface area is 93.1 Å². The first-order valence-corrected chi connectivity index (χ1v) is 4.99. The van der Waals surface area contributed by atoms with Crippen molar-refractivity contribution in [3.8, 4) is 0 Å². The summed E-state index contributed by atoms with van der Waals surface area (Å²) in [5, 5.41) is 16.2. The highest BCUT2D eigenvalue weighted by molar-refractivity contribution is 6.00. The van der Waals surface area contributed by atoms with Gasteiger partial charge in [0, 0.05) is 13.0 Å². The zero-order valence-electron chi connectivity index (χ0n) is 8.69. The van der Waals surface area contributed by atoms with Gasteiger partial charge in [0.05, 0.1) is 5.71 Å². The third kappa shape index (κ3) is 2.44. The van der Waals surface area contributed by atoms with Gasteiger partial charge in [-0.1, -0.05) is 35.5 Å². The van der Waals surface area contributed by atoms with Gasteiger partial charge in [-0.15, -0.1) is 0 Å². The van der Waals surface area contributed by atoms with Crippen LogP contribution in [0.15, 0.2) is 48.1 Å². The zero-order chi connectivity index (χ0) is 11.2. The second-order valence-corrected chi connectivity index (χ2v) is 3.32. The first-order chi connectivity index (χ1) is 7.90. The topological polar surface area (TPSA) is 63.3 Å². The summed E-state index contributed by atoms with van der Waals surface area (Å²) in [4.78, 5) is 3.85. The normalized spacial score (nSPS) is 11.6. The van der Waals surface area contributed by atoms with E-state index < -0.39 is 0 Å². The molecule has 0 fully saturated rings. The van der Waals surface area contributed by atoms with E-state index in [1.807, 2.05) is 30.3 Å². The Bertz CT molecular complexity index is 450.